The van der Waals surface area contributed by atoms with Gasteiger partial charge in [0.1, 0.15) is 0 Å². The molecule has 2 amide bonds. The van der Waals surface area contributed by atoms with Crippen molar-refractivity contribution in [3.8, 4) is 0 Å². The molecule has 2 unspecified atom stereocenters. The van der Waals surface area contributed by atoms with Crippen LogP contribution in [0.25, 0.3) is 0 Å². The van der Waals surface area contributed by atoms with Gasteiger partial charge < -0.3 is 20.4 Å². The van der Waals surface area contributed by atoms with Crippen molar-refractivity contribution >= 4 is 46.9 Å². The fourth-order valence-corrected chi connectivity index (χ4v) is 8.13. The third kappa shape index (κ3) is 44.5. The molecule has 0 aliphatic heterocycles. The van der Waals surface area contributed by atoms with Gasteiger partial charge in [0.05, 0.1) is 19.8 Å². The molecule has 0 aromatic heterocycles. The summed E-state index contributed by atoms with van der Waals surface area (Å²) in [6.45, 7) is 66.2. The molecule has 20 heteroatoms. The van der Waals surface area contributed by atoms with E-state index in [1.165, 1.54) is 0 Å². The Balaban J connectivity index is -0.000000176. The van der Waals surface area contributed by atoms with Crippen LogP contribution < -0.4 is 30.3 Å². The number of carbonyl (C=O) groups is 2. The molecule has 2 atom stereocenters. The molecule has 8 N–H and O–H groups in total. The van der Waals surface area contributed by atoms with E-state index in [2.05, 4.69) is 30.3 Å². The zero-order chi connectivity index (χ0) is 59.4. The lowest BCUT2D eigenvalue weighted by atomic mass is 9.94. The highest BCUT2D eigenvalue weighted by molar-refractivity contribution is 7.91. The smallest absolute Gasteiger partial charge is 0.272 e. The SMILES string of the molecule is CC(C)(C)NC(=O)C(C)(C)C.CC(C)(C)NC(=O)C(C)(C)C.CC(C)(C)NP(=O)(O)C(C)(C)C.CC(C)(C)NP(=O)(O)C(C)(C)C.CC(C)(C)NS(=O)(=O)C(C)(C)C.CC(C)(C)NS(=O)(=O)C(C)(C)C. The van der Waals surface area contributed by atoms with E-state index in [9.17, 15) is 45.3 Å². The minimum absolute atomic E-state index is 0.102. The second-order valence-corrected chi connectivity index (χ2v) is 40.4. The summed E-state index contributed by atoms with van der Waals surface area (Å²) < 4.78 is 73.4. The Hall–Kier alpha value is -0.940. The van der Waals surface area contributed by atoms with E-state index >= 15 is 0 Å². The topological polar surface area (TPSA) is 249 Å². The lowest BCUT2D eigenvalue weighted by Crippen LogP contribution is -2.48. The molecule has 0 radical (unpaired) electrons. The van der Waals surface area contributed by atoms with Gasteiger partial charge in [0.2, 0.25) is 31.9 Å². The van der Waals surface area contributed by atoms with Crippen LogP contribution in [0.3, 0.4) is 0 Å². The average molecular weight is 1090 g/mol. The van der Waals surface area contributed by atoms with Crippen molar-refractivity contribution in [1.82, 2.24) is 30.3 Å². The van der Waals surface area contributed by atoms with Crippen LogP contribution in [-0.4, -0.2) is 91.5 Å². The Labute approximate surface area is 433 Å². The number of amides is 2. The number of carbonyl (C=O) groups excluding carboxylic acids is 2. The van der Waals surface area contributed by atoms with Crippen LogP contribution in [0.4, 0.5) is 0 Å². The van der Waals surface area contributed by atoms with Gasteiger partial charge in [-0.2, -0.15) is 0 Å². The maximum absolute atomic E-state index is 11.7. The molecule has 0 aliphatic carbocycles. The van der Waals surface area contributed by atoms with E-state index in [4.69, 9.17) is 0 Å². The van der Waals surface area contributed by atoms with Crippen molar-refractivity contribution < 1.29 is 45.3 Å². The summed E-state index contributed by atoms with van der Waals surface area (Å²) in [4.78, 5) is 42.0. The predicted molar refractivity (Wildman–Crippen MR) is 303 cm³/mol. The van der Waals surface area contributed by atoms with E-state index in [1.807, 2.05) is 166 Å². The minimum Gasteiger partial charge on any atom is -0.351 e. The molecule has 0 spiro atoms. The highest BCUT2D eigenvalue weighted by atomic mass is 32.2. The lowest BCUT2D eigenvalue weighted by molar-refractivity contribution is -0.130. The van der Waals surface area contributed by atoms with Gasteiger partial charge in [0.25, 0.3) is 15.0 Å². The van der Waals surface area contributed by atoms with Gasteiger partial charge in [-0.25, -0.2) is 36.5 Å². The molecular formula is C50H116N6O10P2S2. The van der Waals surface area contributed by atoms with E-state index in [0.717, 1.165) is 0 Å². The largest absolute Gasteiger partial charge is 0.351 e. The molecule has 0 heterocycles. The van der Waals surface area contributed by atoms with Crippen molar-refractivity contribution in [1.29, 1.82) is 0 Å². The Kier molecular flexibility index (Phi) is 30.7. The first-order valence-corrected chi connectivity index (χ1v) is 30.3. The van der Waals surface area contributed by atoms with Crippen LogP contribution in [0.5, 0.6) is 0 Å². The second-order valence-electron chi connectivity index (χ2n) is 30.1. The van der Waals surface area contributed by atoms with E-state index in [-0.39, 0.29) is 44.8 Å². The van der Waals surface area contributed by atoms with Crippen LogP contribution in [0, 0.1) is 10.8 Å². The lowest BCUT2D eigenvalue weighted by Gasteiger charge is -2.32. The first-order chi connectivity index (χ1) is 29.1. The molecule has 0 bridgehead atoms. The van der Waals surface area contributed by atoms with Gasteiger partial charge in [-0.05, 0) is 208 Å². The van der Waals surface area contributed by atoms with Gasteiger partial charge >= 0.3 is 0 Å². The van der Waals surface area contributed by atoms with Gasteiger partial charge in [0.15, 0.2) is 0 Å². The Bertz CT molecular complexity index is 1760. The fraction of sp³-hybridized carbons (Fsp3) is 0.960. The van der Waals surface area contributed by atoms with Crippen molar-refractivity contribution in [2.75, 3.05) is 0 Å². The predicted octanol–water partition coefficient (Wildman–Crippen LogP) is 11.6. The van der Waals surface area contributed by atoms with Gasteiger partial charge in [-0.1, -0.05) is 41.5 Å². The normalized spacial score (nSPS) is 15.6. The molecule has 0 fully saturated rings. The summed E-state index contributed by atoms with van der Waals surface area (Å²) in [5, 5.41) is 10.1. The van der Waals surface area contributed by atoms with E-state index in [1.54, 1.807) is 83.1 Å². The van der Waals surface area contributed by atoms with Crippen LogP contribution in [0.15, 0.2) is 0 Å². The quantitative estimate of drug-likeness (QED) is 0.123. The number of nitrogens with one attached hydrogen (secondary N) is 6. The summed E-state index contributed by atoms with van der Waals surface area (Å²) in [5.41, 5.74) is -2.25. The van der Waals surface area contributed by atoms with Crippen LogP contribution in [0.1, 0.15) is 249 Å². The number of rotatable bonds is 4. The van der Waals surface area contributed by atoms with Crippen molar-refractivity contribution in [2.45, 2.75) is 302 Å². The van der Waals surface area contributed by atoms with E-state index < -0.39 is 66.0 Å². The van der Waals surface area contributed by atoms with Crippen molar-refractivity contribution in [3.63, 3.8) is 0 Å². The van der Waals surface area contributed by atoms with Gasteiger partial charge in [-0.3, -0.25) is 18.7 Å². The fourth-order valence-electron chi connectivity index (χ4n) is 3.41. The molecule has 0 saturated carbocycles. The van der Waals surface area contributed by atoms with Gasteiger partial charge in [0, 0.05) is 44.1 Å². The molecule has 0 aliphatic rings. The summed E-state index contributed by atoms with van der Waals surface area (Å²) in [7, 11) is -12.9. The zero-order valence-electron chi connectivity index (χ0n) is 51.9. The van der Waals surface area contributed by atoms with Crippen LogP contribution in [0.2, 0.25) is 0 Å². The Morgan fingerprint density at radius 1 is 0.329 bits per heavy atom. The van der Waals surface area contributed by atoms with Gasteiger partial charge in [-0.15, -0.1) is 0 Å². The monoisotopic (exact) mass is 1090 g/mol. The van der Waals surface area contributed by atoms with Crippen LogP contribution in [-0.2, 0) is 38.8 Å². The van der Waals surface area contributed by atoms with Crippen molar-refractivity contribution in [3.05, 3.63) is 0 Å². The zero-order valence-corrected chi connectivity index (χ0v) is 55.3. The summed E-state index contributed by atoms with van der Waals surface area (Å²) in [6, 6.07) is 0. The first-order valence-electron chi connectivity index (χ1n) is 24.1. The molecular weight excluding hydrogens is 971 g/mol. The third-order valence-corrected chi connectivity index (χ3v) is 18.2. The maximum Gasteiger partial charge on any atom is 0.272 e. The molecule has 0 saturated heterocycles. The molecule has 0 aromatic rings. The van der Waals surface area contributed by atoms with Crippen molar-refractivity contribution in [2.24, 2.45) is 10.8 Å². The highest BCUT2D eigenvalue weighted by Crippen LogP contribution is 2.52. The highest BCUT2D eigenvalue weighted by Gasteiger charge is 2.39. The number of sulfonamides is 2. The molecule has 70 heavy (non-hydrogen) atoms. The number of hydrogen-bond donors (Lipinski definition) is 8. The average Bonchev–Trinajstić information content (AvgIpc) is 2.88. The number of hydrogen-bond acceptors (Lipinski definition) is 8. The maximum atomic E-state index is 11.7. The standard InChI is InChI=1S/2C9H19NO.2C8H20NO2P.2C8H19NO2S/c2*1-8(2,3)7(11)10-9(4,5)6;4*1-7(2,3)9-12(10,11)8(4,5)6/h2*1-6H3,(H,10,11);2*1-6H3,(H2,9,10,11);2*9H,1-6H3. The Morgan fingerprint density at radius 3 is 0.543 bits per heavy atom. The molecule has 16 nitrogen and oxygen atoms in total. The Morgan fingerprint density at radius 2 is 0.500 bits per heavy atom. The second kappa shape index (κ2) is 26.7. The van der Waals surface area contributed by atoms with E-state index in [0.29, 0.717) is 0 Å². The minimum atomic E-state index is -3.25. The molecule has 428 valence electrons. The summed E-state index contributed by atoms with van der Waals surface area (Å²) in [5.74, 6) is 0.204. The molecule has 0 rings (SSSR count). The third-order valence-electron chi connectivity index (χ3n) is 7.63. The summed E-state index contributed by atoms with van der Waals surface area (Å²) in [6.07, 6.45) is 0. The first kappa shape index (κ1) is 80.4. The summed E-state index contributed by atoms with van der Waals surface area (Å²) >= 11 is 0. The molecule has 0 aromatic carbocycles. The van der Waals surface area contributed by atoms with Crippen LogP contribution >= 0.6 is 15.0 Å².